The number of rotatable bonds is 1. The van der Waals surface area contributed by atoms with Crippen molar-refractivity contribution in [2.75, 3.05) is 12.3 Å². The van der Waals surface area contributed by atoms with E-state index in [0.29, 0.717) is 5.11 Å². The molecule has 0 saturated carbocycles. The summed E-state index contributed by atoms with van der Waals surface area (Å²) in [5, 5.41) is 6.59. The average Bonchev–Trinajstić information content (AvgIpc) is 2.56. The van der Waals surface area contributed by atoms with Gasteiger partial charge >= 0.3 is 0 Å². The van der Waals surface area contributed by atoms with Crippen LogP contribution < -0.4 is 10.6 Å². The second-order valence-corrected chi connectivity index (χ2v) is 4.63. The Labute approximate surface area is 92.9 Å². The van der Waals surface area contributed by atoms with E-state index in [2.05, 4.69) is 15.6 Å². The number of hydrogen-bond donors (Lipinski definition) is 2. The minimum atomic E-state index is -0.0777. The van der Waals surface area contributed by atoms with Crippen LogP contribution in [-0.4, -0.2) is 28.5 Å². The first-order valence-electron chi connectivity index (χ1n) is 4.38. The lowest BCUT2D eigenvalue weighted by molar-refractivity contribution is -0.122. The Morgan fingerprint density at radius 3 is 2.86 bits per heavy atom. The van der Waals surface area contributed by atoms with Crippen LogP contribution in [0.1, 0.15) is 13.8 Å². The fraction of sp³-hybridized carbons (Fsp3) is 0.625. The van der Waals surface area contributed by atoms with Crippen LogP contribution in [0.4, 0.5) is 0 Å². The highest BCUT2D eigenvalue weighted by Crippen LogP contribution is 2.08. The van der Waals surface area contributed by atoms with E-state index in [4.69, 9.17) is 12.2 Å². The maximum atomic E-state index is 11.2. The van der Waals surface area contributed by atoms with Gasteiger partial charge < -0.3 is 10.6 Å². The van der Waals surface area contributed by atoms with Crippen molar-refractivity contribution < 1.29 is 4.79 Å². The summed E-state index contributed by atoms with van der Waals surface area (Å²) in [7, 11) is 0. The molecule has 1 amide bonds. The molecule has 4 nitrogen and oxygen atoms in total. The minimum Gasteiger partial charge on any atom is -0.312 e. The van der Waals surface area contributed by atoms with Crippen LogP contribution in [0, 0.1) is 5.92 Å². The zero-order valence-corrected chi connectivity index (χ0v) is 9.80. The molecule has 0 aromatic rings. The zero-order valence-electron chi connectivity index (χ0n) is 8.16. The van der Waals surface area contributed by atoms with Crippen LogP contribution in [0.3, 0.4) is 0 Å². The summed E-state index contributed by atoms with van der Waals surface area (Å²) in [6.07, 6.45) is 0. The standard InChI is InChI=1S/C8H13N3OS2/c1-5(2)6(12)10-7(13)11-8-9-3-4-14-8/h5H,3-4H2,1-2H3,(H2,9,10,11,12,13). The van der Waals surface area contributed by atoms with Crippen LogP contribution in [0.25, 0.3) is 0 Å². The van der Waals surface area contributed by atoms with Gasteiger partial charge in [-0.2, -0.15) is 0 Å². The first kappa shape index (κ1) is 11.5. The average molecular weight is 231 g/mol. The molecule has 0 aromatic carbocycles. The Morgan fingerprint density at radius 2 is 2.36 bits per heavy atom. The molecule has 1 heterocycles. The van der Waals surface area contributed by atoms with E-state index in [1.165, 1.54) is 0 Å². The van der Waals surface area contributed by atoms with Gasteiger partial charge in [0.15, 0.2) is 10.3 Å². The summed E-state index contributed by atoms with van der Waals surface area (Å²) < 4.78 is 0. The number of hydrogen-bond acceptors (Lipinski definition) is 4. The summed E-state index contributed by atoms with van der Waals surface area (Å²) in [5.41, 5.74) is 0. The SMILES string of the molecule is CC(C)C(=O)NC(=S)NC1=NCCS1. The molecule has 0 saturated heterocycles. The maximum Gasteiger partial charge on any atom is 0.228 e. The van der Waals surface area contributed by atoms with Gasteiger partial charge in [0, 0.05) is 11.7 Å². The lowest BCUT2D eigenvalue weighted by Gasteiger charge is -2.09. The highest BCUT2D eigenvalue weighted by molar-refractivity contribution is 8.14. The number of amides is 1. The van der Waals surface area contributed by atoms with Gasteiger partial charge in [-0.1, -0.05) is 25.6 Å². The van der Waals surface area contributed by atoms with E-state index < -0.39 is 0 Å². The van der Waals surface area contributed by atoms with Crippen molar-refractivity contribution in [3.8, 4) is 0 Å². The summed E-state index contributed by atoms with van der Waals surface area (Å²) in [6, 6.07) is 0. The van der Waals surface area contributed by atoms with Crippen LogP contribution in [0.2, 0.25) is 0 Å². The topological polar surface area (TPSA) is 53.5 Å². The number of thiocarbonyl (C=S) groups is 1. The summed E-state index contributed by atoms with van der Waals surface area (Å²) in [5.74, 6) is 0.835. The van der Waals surface area contributed by atoms with E-state index in [9.17, 15) is 4.79 Å². The monoisotopic (exact) mass is 231 g/mol. The van der Waals surface area contributed by atoms with Gasteiger partial charge in [-0.15, -0.1) is 0 Å². The van der Waals surface area contributed by atoms with E-state index in [0.717, 1.165) is 17.5 Å². The molecule has 14 heavy (non-hydrogen) atoms. The number of aliphatic imine (C=N–C) groups is 1. The van der Waals surface area contributed by atoms with Gasteiger partial charge in [0.05, 0.1) is 6.54 Å². The Morgan fingerprint density at radius 1 is 1.64 bits per heavy atom. The van der Waals surface area contributed by atoms with Crippen LogP contribution >= 0.6 is 24.0 Å². The van der Waals surface area contributed by atoms with Crippen molar-refractivity contribution in [3.63, 3.8) is 0 Å². The molecule has 0 atom stereocenters. The Kier molecular flexibility index (Phi) is 4.34. The summed E-state index contributed by atoms with van der Waals surface area (Å²) in [6.45, 7) is 4.45. The molecule has 1 rings (SSSR count). The zero-order chi connectivity index (χ0) is 10.6. The molecule has 6 heteroatoms. The molecule has 2 N–H and O–H groups in total. The summed E-state index contributed by atoms with van der Waals surface area (Å²) in [4.78, 5) is 15.4. The molecule has 0 fully saturated rings. The fourth-order valence-corrected chi connectivity index (χ4v) is 1.79. The maximum absolute atomic E-state index is 11.2. The molecular formula is C8H13N3OS2. The van der Waals surface area contributed by atoms with Crippen molar-refractivity contribution in [3.05, 3.63) is 0 Å². The second-order valence-electron chi connectivity index (χ2n) is 3.13. The molecule has 0 unspecified atom stereocenters. The van der Waals surface area contributed by atoms with Gasteiger partial charge in [-0.25, -0.2) is 0 Å². The molecule has 1 aliphatic heterocycles. The molecule has 0 radical (unpaired) electrons. The number of nitrogens with zero attached hydrogens (tertiary/aromatic N) is 1. The number of carbonyl (C=O) groups is 1. The first-order chi connectivity index (χ1) is 6.59. The van der Waals surface area contributed by atoms with Gasteiger partial charge in [0.25, 0.3) is 0 Å². The third kappa shape index (κ3) is 3.63. The van der Waals surface area contributed by atoms with Gasteiger partial charge in [0.1, 0.15) is 0 Å². The van der Waals surface area contributed by atoms with E-state index in [1.807, 2.05) is 13.8 Å². The van der Waals surface area contributed by atoms with Crippen molar-refractivity contribution >= 4 is 40.2 Å². The van der Waals surface area contributed by atoms with Crippen molar-refractivity contribution in [1.82, 2.24) is 10.6 Å². The normalized spacial score (nSPS) is 15.2. The summed E-state index contributed by atoms with van der Waals surface area (Å²) >= 11 is 6.56. The Balaban J connectivity index is 2.32. The third-order valence-electron chi connectivity index (χ3n) is 1.57. The Bertz CT molecular complexity index is 276. The molecule has 0 spiro atoms. The van der Waals surface area contributed by atoms with E-state index >= 15 is 0 Å². The predicted octanol–water partition coefficient (Wildman–Crippen LogP) is 0.736. The van der Waals surface area contributed by atoms with Crippen LogP contribution in [-0.2, 0) is 4.79 Å². The number of thioether (sulfide) groups is 1. The quantitative estimate of drug-likeness (QED) is 0.653. The smallest absolute Gasteiger partial charge is 0.228 e. The molecule has 78 valence electrons. The highest BCUT2D eigenvalue weighted by Gasteiger charge is 2.12. The first-order valence-corrected chi connectivity index (χ1v) is 5.78. The van der Waals surface area contributed by atoms with E-state index in [-0.39, 0.29) is 11.8 Å². The molecule has 0 aliphatic carbocycles. The molecule has 1 aliphatic rings. The molecule has 0 bridgehead atoms. The third-order valence-corrected chi connectivity index (χ3v) is 2.66. The van der Waals surface area contributed by atoms with Crippen molar-refractivity contribution in [2.45, 2.75) is 13.8 Å². The van der Waals surface area contributed by atoms with Crippen LogP contribution in [0.15, 0.2) is 4.99 Å². The van der Waals surface area contributed by atoms with Gasteiger partial charge in [0.2, 0.25) is 5.91 Å². The number of amidine groups is 1. The molecular weight excluding hydrogens is 218 g/mol. The lowest BCUT2D eigenvalue weighted by Crippen LogP contribution is -2.42. The fourth-order valence-electron chi connectivity index (χ4n) is 0.795. The predicted molar refractivity (Wildman–Crippen MR) is 63.5 cm³/mol. The van der Waals surface area contributed by atoms with Crippen LogP contribution in [0.5, 0.6) is 0 Å². The van der Waals surface area contributed by atoms with E-state index in [1.54, 1.807) is 11.8 Å². The Hall–Kier alpha value is -0.620. The number of carbonyl (C=O) groups excluding carboxylic acids is 1. The number of nitrogens with one attached hydrogen (secondary N) is 2. The lowest BCUT2D eigenvalue weighted by atomic mass is 10.2. The van der Waals surface area contributed by atoms with Crippen molar-refractivity contribution in [2.24, 2.45) is 10.9 Å². The van der Waals surface area contributed by atoms with Crippen molar-refractivity contribution in [1.29, 1.82) is 0 Å². The minimum absolute atomic E-state index is 0.0621. The molecule has 0 aromatic heterocycles. The highest BCUT2D eigenvalue weighted by atomic mass is 32.2. The largest absolute Gasteiger partial charge is 0.312 e. The van der Waals surface area contributed by atoms with Gasteiger partial charge in [-0.3, -0.25) is 9.79 Å². The second kappa shape index (κ2) is 5.31. The van der Waals surface area contributed by atoms with Gasteiger partial charge in [-0.05, 0) is 12.2 Å².